The first-order chi connectivity index (χ1) is 13.5. The highest BCUT2D eigenvalue weighted by molar-refractivity contribution is 5.12. The van der Waals surface area contributed by atoms with Crippen molar-refractivity contribution in [3.63, 3.8) is 0 Å². The number of aliphatic hydroxyl groups is 3. The summed E-state index contributed by atoms with van der Waals surface area (Å²) in [5, 5.41) is 30.5. The third-order valence-corrected chi connectivity index (χ3v) is 9.16. The molecule has 3 aliphatic rings. The first-order valence-electron chi connectivity index (χ1n) is 12.3. The minimum Gasteiger partial charge on any atom is -0.390 e. The van der Waals surface area contributed by atoms with E-state index in [1.54, 1.807) is 0 Å². The molecule has 1 unspecified atom stereocenters. The van der Waals surface area contributed by atoms with E-state index in [1.807, 2.05) is 13.8 Å². The van der Waals surface area contributed by atoms with Gasteiger partial charge in [-0.05, 0) is 112 Å². The van der Waals surface area contributed by atoms with Crippen molar-refractivity contribution in [3.05, 3.63) is 12.2 Å². The second-order valence-electron chi connectivity index (χ2n) is 11.8. The number of hydrogen-bond acceptors (Lipinski definition) is 3. The van der Waals surface area contributed by atoms with Crippen molar-refractivity contribution in [2.24, 2.45) is 35.0 Å². The van der Waals surface area contributed by atoms with Crippen LogP contribution in [0.25, 0.3) is 0 Å². The summed E-state index contributed by atoms with van der Waals surface area (Å²) in [5.41, 5.74) is 0.523. The SMILES string of the molecule is C=C1[C@H](O)CC(CCC2CCC[C@]3(C)[C@@H]([C@H](C)CCC(C)(C)O)CC[C@@H]23)C[C@H]1O. The van der Waals surface area contributed by atoms with Crippen LogP contribution in [0, 0.1) is 35.0 Å². The molecule has 168 valence electrons. The Bertz CT molecular complexity index is 551. The monoisotopic (exact) mass is 406 g/mol. The minimum atomic E-state index is -0.553. The van der Waals surface area contributed by atoms with Crippen molar-refractivity contribution >= 4 is 0 Å². The van der Waals surface area contributed by atoms with Gasteiger partial charge in [0, 0.05) is 0 Å². The van der Waals surface area contributed by atoms with Crippen molar-refractivity contribution in [1.82, 2.24) is 0 Å². The normalized spacial score (nSPS) is 42.0. The lowest BCUT2D eigenvalue weighted by atomic mass is 9.58. The maximum atomic E-state index is 10.2. The van der Waals surface area contributed by atoms with Crippen LogP contribution in [-0.4, -0.2) is 33.1 Å². The van der Waals surface area contributed by atoms with E-state index in [2.05, 4.69) is 20.4 Å². The van der Waals surface area contributed by atoms with Crippen molar-refractivity contribution in [2.75, 3.05) is 0 Å². The van der Waals surface area contributed by atoms with E-state index in [0.29, 0.717) is 22.8 Å². The lowest BCUT2D eigenvalue weighted by molar-refractivity contribution is 0.0106. The maximum absolute atomic E-state index is 10.2. The Kier molecular flexibility index (Phi) is 7.23. The molecule has 0 aromatic rings. The van der Waals surface area contributed by atoms with Crippen LogP contribution in [0.2, 0.25) is 0 Å². The quantitative estimate of drug-likeness (QED) is 0.491. The Hall–Kier alpha value is -0.380. The van der Waals surface area contributed by atoms with Crippen molar-refractivity contribution in [2.45, 2.75) is 116 Å². The molecule has 0 heterocycles. The standard InChI is InChI=1S/C26H46O3/c1-17(12-14-25(3,4)29)21-10-11-22-20(7-6-13-26(21,22)5)9-8-19-15-23(27)18(2)24(28)16-19/h17,19-24,27-29H,2,6-16H2,1,3-5H3/t17-,20?,21-,22+,23-,24-,26-/m1/s1. The van der Waals surface area contributed by atoms with E-state index in [1.165, 1.54) is 38.5 Å². The molecule has 0 saturated heterocycles. The van der Waals surface area contributed by atoms with E-state index < -0.39 is 17.8 Å². The fourth-order valence-corrected chi connectivity index (χ4v) is 7.38. The van der Waals surface area contributed by atoms with E-state index in [4.69, 9.17) is 0 Å². The van der Waals surface area contributed by atoms with Crippen molar-refractivity contribution < 1.29 is 15.3 Å². The van der Waals surface area contributed by atoms with Crippen LogP contribution < -0.4 is 0 Å². The van der Waals surface area contributed by atoms with Crippen molar-refractivity contribution in [1.29, 1.82) is 0 Å². The van der Waals surface area contributed by atoms with Crippen LogP contribution in [0.5, 0.6) is 0 Å². The molecular formula is C26H46O3. The smallest absolute Gasteiger partial charge is 0.0774 e. The van der Waals surface area contributed by atoms with Crippen molar-refractivity contribution in [3.8, 4) is 0 Å². The van der Waals surface area contributed by atoms with Gasteiger partial charge in [0.2, 0.25) is 0 Å². The molecule has 29 heavy (non-hydrogen) atoms. The van der Waals surface area contributed by atoms with Gasteiger partial charge in [0.05, 0.1) is 17.8 Å². The van der Waals surface area contributed by atoms with Gasteiger partial charge in [0.1, 0.15) is 0 Å². The molecule has 0 aromatic heterocycles. The summed E-state index contributed by atoms with van der Waals surface area (Å²) in [6, 6.07) is 0. The van der Waals surface area contributed by atoms with Gasteiger partial charge < -0.3 is 15.3 Å². The van der Waals surface area contributed by atoms with Gasteiger partial charge in [-0.15, -0.1) is 0 Å². The molecule has 0 amide bonds. The largest absolute Gasteiger partial charge is 0.390 e. The molecule has 3 N–H and O–H groups in total. The lowest BCUT2D eigenvalue weighted by Crippen LogP contribution is -2.39. The second-order valence-corrected chi connectivity index (χ2v) is 11.8. The zero-order valence-corrected chi connectivity index (χ0v) is 19.4. The van der Waals surface area contributed by atoms with Crippen LogP contribution in [0.3, 0.4) is 0 Å². The molecule has 3 aliphatic carbocycles. The van der Waals surface area contributed by atoms with E-state index >= 15 is 0 Å². The van der Waals surface area contributed by atoms with Crippen LogP contribution in [0.4, 0.5) is 0 Å². The Morgan fingerprint density at radius 2 is 1.76 bits per heavy atom. The maximum Gasteiger partial charge on any atom is 0.0774 e. The third kappa shape index (κ3) is 5.28. The molecule has 3 heteroatoms. The first-order valence-corrected chi connectivity index (χ1v) is 12.3. The number of fused-ring (bicyclic) bond motifs is 1. The molecule has 3 nitrogen and oxygen atoms in total. The number of rotatable bonds is 7. The molecule has 0 radical (unpaired) electrons. The average Bonchev–Trinajstić information content (AvgIpc) is 2.99. The third-order valence-electron chi connectivity index (χ3n) is 9.16. The Labute approximate surface area is 179 Å². The summed E-state index contributed by atoms with van der Waals surface area (Å²) in [6.45, 7) is 12.7. The summed E-state index contributed by atoms with van der Waals surface area (Å²) in [5.74, 6) is 3.55. The summed E-state index contributed by atoms with van der Waals surface area (Å²) in [4.78, 5) is 0. The summed E-state index contributed by atoms with van der Waals surface area (Å²) in [6.07, 6.45) is 11.7. The topological polar surface area (TPSA) is 60.7 Å². The lowest BCUT2D eigenvalue weighted by Gasteiger charge is -2.47. The Morgan fingerprint density at radius 3 is 2.38 bits per heavy atom. The van der Waals surface area contributed by atoms with E-state index in [9.17, 15) is 15.3 Å². The van der Waals surface area contributed by atoms with Gasteiger partial charge in [-0.25, -0.2) is 0 Å². The summed E-state index contributed by atoms with van der Waals surface area (Å²) >= 11 is 0. The second kappa shape index (κ2) is 9.01. The summed E-state index contributed by atoms with van der Waals surface area (Å²) in [7, 11) is 0. The molecule has 0 aromatic carbocycles. The minimum absolute atomic E-state index is 0.432. The first kappa shape index (κ1) is 23.3. The fraction of sp³-hybridized carbons (Fsp3) is 0.923. The van der Waals surface area contributed by atoms with E-state index in [0.717, 1.165) is 49.9 Å². The highest BCUT2D eigenvalue weighted by Crippen LogP contribution is 2.61. The predicted molar refractivity (Wildman–Crippen MR) is 119 cm³/mol. The molecule has 0 spiro atoms. The van der Waals surface area contributed by atoms with Gasteiger partial charge in [0.25, 0.3) is 0 Å². The Balaban J connectivity index is 1.57. The van der Waals surface area contributed by atoms with E-state index in [-0.39, 0.29) is 0 Å². The Morgan fingerprint density at radius 1 is 1.10 bits per heavy atom. The van der Waals surface area contributed by atoms with Gasteiger partial charge >= 0.3 is 0 Å². The van der Waals surface area contributed by atoms with Crippen LogP contribution >= 0.6 is 0 Å². The number of hydrogen-bond donors (Lipinski definition) is 3. The molecule has 0 aliphatic heterocycles. The van der Waals surface area contributed by atoms with Crippen LogP contribution in [0.1, 0.15) is 98.3 Å². The van der Waals surface area contributed by atoms with Gasteiger partial charge in [-0.2, -0.15) is 0 Å². The average molecular weight is 407 g/mol. The summed E-state index contributed by atoms with van der Waals surface area (Å²) < 4.78 is 0. The predicted octanol–water partition coefficient (Wildman–Crippen LogP) is 5.47. The van der Waals surface area contributed by atoms with Gasteiger partial charge in [0.15, 0.2) is 0 Å². The molecule has 3 saturated carbocycles. The van der Waals surface area contributed by atoms with Crippen LogP contribution in [0.15, 0.2) is 12.2 Å². The molecular weight excluding hydrogens is 360 g/mol. The molecule has 0 bridgehead atoms. The zero-order chi connectivity index (χ0) is 21.4. The molecule has 3 fully saturated rings. The van der Waals surface area contributed by atoms with Crippen LogP contribution in [-0.2, 0) is 0 Å². The molecule has 3 rings (SSSR count). The number of aliphatic hydroxyl groups excluding tert-OH is 2. The molecule has 7 atom stereocenters. The fourth-order valence-electron chi connectivity index (χ4n) is 7.38. The highest BCUT2D eigenvalue weighted by atomic mass is 16.3. The zero-order valence-electron chi connectivity index (χ0n) is 19.4. The highest BCUT2D eigenvalue weighted by Gasteiger charge is 2.52. The van der Waals surface area contributed by atoms with Gasteiger partial charge in [-0.3, -0.25) is 0 Å². The van der Waals surface area contributed by atoms with Gasteiger partial charge in [-0.1, -0.05) is 33.3 Å².